The molecule has 1 N–H and O–H groups in total. The second-order valence-corrected chi connectivity index (χ2v) is 4.22. The fraction of sp³-hybridized carbons (Fsp3) is 0.462. The third-order valence-corrected chi connectivity index (χ3v) is 3.08. The smallest absolute Gasteiger partial charge is 0.111 e. The SMILES string of the molecule is CNC(COC)Cc1nc2ccccc2n1C. The van der Waals surface area contributed by atoms with Gasteiger partial charge in [-0.05, 0) is 19.2 Å². The Morgan fingerprint density at radius 1 is 1.41 bits per heavy atom. The topological polar surface area (TPSA) is 39.1 Å². The van der Waals surface area contributed by atoms with E-state index in [0.717, 1.165) is 17.8 Å². The number of nitrogens with zero attached hydrogens (tertiary/aromatic N) is 2. The van der Waals surface area contributed by atoms with E-state index in [1.54, 1.807) is 7.11 Å². The van der Waals surface area contributed by atoms with Crippen molar-refractivity contribution < 1.29 is 4.74 Å². The van der Waals surface area contributed by atoms with Gasteiger partial charge in [-0.3, -0.25) is 0 Å². The highest BCUT2D eigenvalue weighted by Gasteiger charge is 2.12. The quantitative estimate of drug-likeness (QED) is 0.847. The third kappa shape index (κ3) is 2.48. The summed E-state index contributed by atoms with van der Waals surface area (Å²) in [6.07, 6.45) is 0.871. The summed E-state index contributed by atoms with van der Waals surface area (Å²) in [5.74, 6) is 1.09. The van der Waals surface area contributed by atoms with Crippen molar-refractivity contribution in [2.75, 3.05) is 20.8 Å². The molecule has 0 bridgehead atoms. The van der Waals surface area contributed by atoms with Gasteiger partial charge in [-0.25, -0.2) is 4.98 Å². The van der Waals surface area contributed by atoms with E-state index in [1.807, 2.05) is 25.2 Å². The van der Waals surface area contributed by atoms with Gasteiger partial charge >= 0.3 is 0 Å². The van der Waals surface area contributed by atoms with Crippen molar-refractivity contribution in [1.82, 2.24) is 14.9 Å². The molecule has 0 saturated heterocycles. The molecule has 4 heteroatoms. The molecule has 0 spiro atoms. The van der Waals surface area contributed by atoms with Crippen molar-refractivity contribution in [2.24, 2.45) is 7.05 Å². The highest BCUT2D eigenvalue weighted by atomic mass is 16.5. The second-order valence-electron chi connectivity index (χ2n) is 4.22. The molecule has 1 atom stereocenters. The summed E-state index contributed by atoms with van der Waals surface area (Å²) in [7, 11) is 5.73. The number of benzene rings is 1. The normalized spacial score (nSPS) is 13.1. The Morgan fingerprint density at radius 2 is 2.18 bits per heavy atom. The number of aryl methyl sites for hydroxylation is 1. The fourth-order valence-corrected chi connectivity index (χ4v) is 2.04. The van der Waals surface area contributed by atoms with E-state index in [-0.39, 0.29) is 0 Å². The van der Waals surface area contributed by atoms with Gasteiger partial charge in [0.2, 0.25) is 0 Å². The number of hydrogen-bond donors (Lipinski definition) is 1. The molecule has 92 valence electrons. The first-order chi connectivity index (χ1) is 8.26. The molecule has 2 aromatic rings. The van der Waals surface area contributed by atoms with Crippen LogP contribution in [0.1, 0.15) is 5.82 Å². The van der Waals surface area contributed by atoms with Gasteiger partial charge in [-0.1, -0.05) is 12.1 Å². The largest absolute Gasteiger partial charge is 0.383 e. The molecule has 0 fully saturated rings. The van der Waals surface area contributed by atoms with Crippen LogP contribution in [0.2, 0.25) is 0 Å². The van der Waals surface area contributed by atoms with Crippen LogP contribution in [-0.2, 0) is 18.2 Å². The van der Waals surface area contributed by atoms with Crippen LogP contribution in [0, 0.1) is 0 Å². The van der Waals surface area contributed by atoms with E-state index in [0.29, 0.717) is 12.6 Å². The lowest BCUT2D eigenvalue weighted by Gasteiger charge is -2.14. The monoisotopic (exact) mass is 233 g/mol. The molecule has 0 amide bonds. The maximum absolute atomic E-state index is 5.18. The van der Waals surface area contributed by atoms with E-state index in [2.05, 4.69) is 28.0 Å². The lowest BCUT2D eigenvalue weighted by Crippen LogP contribution is -2.33. The van der Waals surface area contributed by atoms with Gasteiger partial charge in [0.15, 0.2) is 0 Å². The Labute approximate surface area is 102 Å². The maximum Gasteiger partial charge on any atom is 0.111 e. The minimum Gasteiger partial charge on any atom is -0.383 e. The van der Waals surface area contributed by atoms with Gasteiger partial charge in [0.1, 0.15) is 5.82 Å². The predicted molar refractivity (Wildman–Crippen MR) is 69.1 cm³/mol. The molecule has 0 aliphatic rings. The molecule has 0 aliphatic heterocycles. The Bertz CT molecular complexity index is 492. The number of para-hydroxylation sites is 2. The third-order valence-electron chi connectivity index (χ3n) is 3.08. The molecule has 0 saturated carbocycles. The van der Waals surface area contributed by atoms with E-state index >= 15 is 0 Å². The summed E-state index contributed by atoms with van der Waals surface area (Å²) in [5, 5.41) is 3.24. The summed E-state index contributed by atoms with van der Waals surface area (Å²) in [6.45, 7) is 0.694. The van der Waals surface area contributed by atoms with Gasteiger partial charge in [0.25, 0.3) is 0 Å². The number of likely N-dealkylation sites (N-methyl/N-ethyl adjacent to an activating group) is 1. The molecule has 4 nitrogen and oxygen atoms in total. The van der Waals surface area contributed by atoms with Gasteiger partial charge in [-0.15, -0.1) is 0 Å². The number of nitrogens with one attached hydrogen (secondary N) is 1. The number of hydrogen-bond acceptors (Lipinski definition) is 3. The molecule has 1 aromatic carbocycles. The fourth-order valence-electron chi connectivity index (χ4n) is 2.04. The molecule has 0 aliphatic carbocycles. The minimum absolute atomic E-state index is 0.301. The highest BCUT2D eigenvalue weighted by molar-refractivity contribution is 5.75. The van der Waals surface area contributed by atoms with Crippen LogP contribution in [0.5, 0.6) is 0 Å². The highest BCUT2D eigenvalue weighted by Crippen LogP contribution is 2.15. The van der Waals surface area contributed by atoms with Crippen molar-refractivity contribution in [3.63, 3.8) is 0 Å². The van der Waals surface area contributed by atoms with Gasteiger partial charge < -0.3 is 14.6 Å². The lowest BCUT2D eigenvalue weighted by molar-refractivity contribution is 0.168. The van der Waals surface area contributed by atoms with Gasteiger partial charge in [-0.2, -0.15) is 0 Å². The second kappa shape index (κ2) is 5.29. The average molecular weight is 233 g/mol. The predicted octanol–water partition coefficient (Wildman–Crippen LogP) is 1.35. The number of methoxy groups -OCH3 is 1. The standard InChI is InChI=1S/C13H19N3O/c1-14-10(9-17-3)8-13-15-11-6-4-5-7-12(11)16(13)2/h4-7,10,14H,8-9H2,1-3H3. The Morgan fingerprint density at radius 3 is 2.82 bits per heavy atom. The van der Waals surface area contributed by atoms with Crippen molar-refractivity contribution in [1.29, 1.82) is 0 Å². The average Bonchev–Trinajstić information content (AvgIpc) is 2.66. The van der Waals surface area contributed by atoms with Crippen LogP contribution in [0.3, 0.4) is 0 Å². The summed E-state index contributed by atoms with van der Waals surface area (Å²) in [4.78, 5) is 4.65. The molecule has 1 heterocycles. The van der Waals surface area contributed by atoms with E-state index in [9.17, 15) is 0 Å². The van der Waals surface area contributed by atoms with Crippen LogP contribution in [0.15, 0.2) is 24.3 Å². The summed E-state index contributed by atoms with van der Waals surface area (Å²) >= 11 is 0. The lowest BCUT2D eigenvalue weighted by atomic mass is 10.2. The van der Waals surface area contributed by atoms with Crippen molar-refractivity contribution in [3.8, 4) is 0 Å². The molecule has 0 radical (unpaired) electrons. The van der Waals surface area contributed by atoms with Gasteiger partial charge in [0.05, 0.1) is 17.6 Å². The summed E-state index contributed by atoms with van der Waals surface area (Å²) in [6, 6.07) is 8.50. The Balaban J connectivity index is 2.26. The van der Waals surface area contributed by atoms with E-state index in [1.165, 1.54) is 5.52 Å². The van der Waals surface area contributed by atoms with Crippen LogP contribution >= 0.6 is 0 Å². The van der Waals surface area contributed by atoms with Crippen molar-refractivity contribution in [2.45, 2.75) is 12.5 Å². The Kier molecular flexibility index (Phi) is 3.76. The van der Waals surface area contributed by atoms with E-state index < -0.39 is 0 Å². The molecule has 2 rings (SSSR count). The van der Waals surface area contributed by atoms with E-state index in [4.69, 9.17) is 4.74 Å². The van der Waals surface area contributed by atoms with Gasteiger partial charge in [0, 0.05) is 26.6 Å². The first-order valence-corrected chi connectivity index (χ1v) is 5.82. The van der Waals surface area contributed by atoms with Crippen molar-refractivity contribution in [3.05, 3.63) is 30.1 Å². The van der Waals surface area contributed by atoms with Crippen molar-refractivity contribution >= 4 is 11.0 Å². The zero-order chi connectivity index (χ0) is 12.3. The first kappa shape index (κ1) is 12.1. The van der Waals surface area contributed by atoms with Crippen LogP contribution in [-0.4, -0.2) is 36.4 Å². The number of imidazole rings is 1. The molecular weight excluding hydrogens is 214 g/mol. The van der Waals surface area contributed by atoms with Crippen LogP contribution in [0.25, 0.3) is 11.0 Å². The zero-order valence-electron chi connectivity index (χ0n) is 10.6. The number of aromatic nitrogens is 2. The van der Waals surface area contributed by atoms with Crippen LogP contribution < -0.4 is 5.32 Å². The molecule has 1 unspecified atom stereocenters. The number of ether oxygens (including phenoxy) is 1. The molecular formula is C13H19N3O. The first-order valence-electron chi connectivity index (χ1n) is 5.82. The molecule has 17 heavy (non-hydrogen) atoms. The summed E-state index contributed by atoms with van der Waals surface area (Å²) in [5.41, 5.74) is 2.23. The number of rotatable bonds is 5. The Hall–Kier alpha value is -1.39. The number of fused-ring (bicyclic) bond motifs is 1. The summed E-state index contributed by atoms with van der Waals surface area (Å²) < 4.78 is 7.33. The zero-order valence-corrected chi connectivity index (χ0v) is 10.6. The van der Waals surface area contributed by atoms with Crippen LogP contribution in [0.4, 0.5) is 0 Å². The maximum atomic E-state index is 5.18. The molecule has 1 aromatic heterocycles. The minimum atomic E-state index is 0.301.